The van der Waals surface area contributed by atoms with E-state index >= 15 is 0 Å². The van der Waals surface area contributed by atoms with Gasteiger partial charge in [-0.1, -0.05) is 32.4 Å². The van der Waals surface area contributed by atoms with Crippen LogP contribution in [0, 0.1) is 11.7 Å². The number of carbonyl (C=O) groups is 2. The van der Waals surface area contributed by atoms with Gasteiger partial charge in [0.25, 0.3) is 0 Å². The molecular formula is C15H20FNO3S. The SMILES string of the molecule is CC[C@H](C)[C@@H](NC(=O)CSc1ccccc1F)C(=O)OC. The minimum atomic E-state index is -0.672. The van der Waals surface area contributed by atoms with Crippen LogP contribution in [0.25, 0.3) is 0 Å². The molecule has 0 fully saturated rings. The number of hydrogen-bond acceptors (Lipinski definition) is 4. The molecule has 0 saturated carbocycles. The zero-order valence-electron chi connectivity index (χ0n) is 12.4. The summed E-state index contributed by atoms with van der Waals surface area (Å²) < 4.78 is 18.1. The molecule has 0 aliphatic rings. The predicted molar refractivity (Wildman–Crippen MR) is 80.5 cm³/mol. The first-order valence-corrected chi connectivity index (χ1v) is 7.72. The molecule has 1 rings (SSSR count). The smallest absolute Gasteiger partial charge is 0.328 e. The zero-order chi connectivity index (χ0) is 15.8. The third-order valence-corrected chi connectivity index (χ3v) is 4.23. The average molecular weight is 313 g/mol. The van der Waals surface area contributed by atoms with Crippen LogP contribution in [0.2, 0.25) is 0 Å². The molecule has 0 saturated heterocycles. The second kappa shape index (κ2) is 8.67. The molecule has 1 aromatic carbocycles. The van der Waals surface area contributed by atoms with Crippen LogP contribution in [0.5, 0.6) is 0 Å². The van der Waals surface area contributed by atoms with Crippen LogP contribution in [0.4, 0.5) is 4.39 Å². The fourth-order valence-electron chi connectivity index (χ4n) is 1.72. The Balaban J connectivity index is 2.58. The number of esters is 1. The highest BCUT2D eigenvalue weighted by Crippen LogP contribution is 2.21. The molecule has 0 bridgehead atoms. The molecule has 1 aromatic rings. The van der Waals surface area contributed by atoms with Gasteiger partial charge in [-0.3, -0.25) is 4.79 Å². The van der Waals surface area contributed by atoms with E-state index in [9.17, 15) is 14.0 Å². The third-order valence-electron chi connectivity index (χ3n) is 3.18. The highest BCUT2D eigenvalue weighted by Gasteiger charge is 2.26. The fourth-order valence-corrected chi connectivity index (χ4v) is 2.47. The van der Waals surface area contributed by atoms with Gasteiger partial charge in [-0.25, -0.2) is 9.18 Å². The largest absolute Gasteiger partial charge is 0.467 e. The maximum Gasteiger partial charge on any atom is 0.328 e. The molecule has 1 N–H and O–H groups in total. The lowest BCUT2D eigenvalue weighted by Crippen LogP contribution is -2.46. The van der Waals surface area contributed by atoms with Crippen LogP contribution in [0.3, 0.4) is 0 Å². The normalized spacial score (nSPS) is 13.3. The van der Waals surface area contributed by atoms with Crippen LogP contribution in [0.1, 0.15) is 20.3 Å². The van der Waals surface area contributed by atoms with E-state index in [-0.39, 0.29) is 23.4 Å². The van der Waals surface area contributed by atoms with Crippen molar-refractivity contribution in [3.63, 3.8) is 0 Å². The Bertz CT molecular complexity index is 496. The molecule has 0 heterocycles. The van der Waals surface area contributed by atoms with Crippen molar-refractivity contribution < 1.29 is 18.7 Å². The van der Waals surface area contributed by atoms with Gasteiger partial charge >= 0.3 is 5.97 Å². The highest BCUT2D eigenvalue weighted by molar-refractivity contribution is 8.00. The summed E-state index contributed by atoms with van der Waals surface area (Å²) in [6.45, 7) is 3.80. The molecule has 0 unspecified atom stereocenters. The summed E-state index contributed by atoms with van der Waals surface area (Å²) in [4.78, 5) is 24.0. The Labute approximate surface area is 128 Å². The number of methoxy groups -OCH3 is 1. The number of ether oxygens (including phenoxy) is 1. The molecule has 116 valence electrons. The summed E-state index contributed by atoms with van der Waals surface area (Å²) in [5, 5.41) is 2.65. The molecule has 0 aromatic heterocycles. The first-order valence-electron chi connectivity index (χ1n) is 6.74. The number of nitrogens with one attached hydrogen (secondary N) is 1. The number of rotatable bonds is 7. The van der Waals surface area contributed by atoms with Gasteiger partial charge in [-0.15, -0.1) is 11.8 Å². The van der Waals surface area contributed by atoms with E-state index in [2.05, 4.69) is 5.32 Å². The van der Waals surface area contributed by atoms with Gasteiger partial charge in [-0.05, 0) is 18.1 Å². The van der Waals surface area contributed by atoms with Crippen LogP contribution >= 0.6 is 11.8 Å². The molecule has 2 atom stereocenters. The standard InChI is InChI=1S/C15H20FNO3S/c1-4-10(2)14(15(19)20-3)17-13(18)9-21-12-8-6-5-7-11(12)16/h5-8,10,14H,4,9H2,1-3H3,(H,17,18)/t10-,14+/m0/s1. The lowest BCUT2D eigenvalue weighted by molar-refractivity contribution is -0.146. The molecule has 0 aliphatic carbocycles. The number of benzene rings is 1. The number of halogens is 1. The Kier molecular flexibility index (Phi) is 7.22. The molecule has 0 spiro atoms. The quantitative estimate of drug-likeness (QED) is 0.621. The van der Waals surface area contributed by atoms with Crippen molar-refractivity contribution in [2.75, 3.05) is 12.9 Å². The first kappa shape index (κ1) is 17.5. The number of thioether (sulfide) groups is 1. The van der Waals surface area contributed by atoms with Crippen molar-refractivity contribution in [2.45, 2.75) is 31.2 Å². The van der Waals surface area contributed by atoms with Gasteiger partial charge in [-0.2, -0.15) is 0 Å². The summed E-state index contributed by atoms with van der Waals surface area (Å²) in [6.07, 6.45) is 0.737. The number of amides is 1. The van der Waals surface area contributed by atoms with E-state index in [0.717, 1.165) is 18.2 Å². The molecule has 0 aliphatic heterocycles. The highest BCUT2D eigenvalue weighted by atomic mass is 32.2. The summed E-state index contributed by atoms with van der Waals surface area (Å²) in [7, 11) is 1.29. The van der Waals surface area contributed by atoms with Crippen molar-refractivity contribution in [3.05, 3.63) is 30.1 Å². The zero-order valence-corrected chi connectivity index (χ0v) is 13.2. The van der Waals surface area contributed by atoms with Crippen molar-refractivity contribution in [3.8, 4) is 0 Å². The van der Waals surface area contributed by atoms with E-state index in [1.807, 2.05) is 13.8 Å². The van der Waals surface area contributed by atoms with E-state index in [1.165, 1.54) is 13.2 Å². The predicted octanol–water partition coefficient (Wildman–Crippen LogP) is 2.62. The maximum absolute atomic E-state index is 13.4. The number of hydrogen-bond donors (Lipinski definition) is 1. The van der Waals surface area contributed by atoms with E-state index in [4.69, 9.17) is 4.74 Å². The van der Waals surface area contributed by atoms with Crippen molar-refractivity contribution in [1.82, 2.24) is 5.32 Å². The van der Waals surface area contributed by atoms with Gasteiger partial charge in [0.05, 0.1) is 12.9 Å². The Morgan fingerprint density at radius 1 is 1.38 bits per heavy atom. The van der Waals surface area contributed by atoms with Gasteiger partial charge in [0.2, 0.25) is 5.91 Å². The van der Waals surface area contributed by atoms with Gasteiger partial charge in [0, 0.05) is 4.90 Å². The monoisotopic (exact) mass is 313 g/mol. The van der Waals surface area contributed by atoms with Crippen LogP contribution in [0.15, 0.2) is 29.2 Å². The topological polar surface area (TPSA) is 55.4 Å². The molecule has 6 heteroatoms. The summed E-state index contributed by atoms with van der Waals surface area (Å²) >= 11 is 1.10. The van der Waals surface area contributed by atoms with E-state index < -0.39 is 12.0 Å². The lowest BCUT2D eigenvalue weighted by Gasteiger charge is -2.21. The van der Waals surface area contributed by atoms with E-state index in [1.54, 1.807) is 18.2 Å². The van der Waals surface area contributed by atoms with Gasteiger partial charge in [0.1, 0.15) is 11.9 Å². The lowest BCUT2D eigenvalue weighted by atomic mass is 9.99. The minimum Gasteiger partial charge on any atom is -0.467 e. The van der Waals surface area contributed by atoms with Crippen LogP contribution < -0.4 is 5.32 Å². The summed E-state index contributed by atoms with van der Waals surface area (Å²) in [5.41, 5.74) is 0. The van der Waals surface area contributed by atoms with Gasteiger partial charge < -0.3 is 10.1 Å². The Morgan fingerprint density at radius 3 is 2.62 bits per heavy atom. The second-order valence-electron chi connectivity index (χ2n) is 4.67. The average Bonchev–Trinajstić information content (AvgIpc) is 2.50. The van der Waals surface area contributed by atoms with E-state index in [0.29, 0.717) is 4.90 Å². The van der Waals surface area contributed by atoms with Crippen molar-refractivity contribution >= 4 is 23.6 Å². The molecule has 1 amide bonds. The first-order chi connectivity index (χ1) is 9.99. The maximum atomic E-state index is 13.4. The van der Waals surface area contributed by atoms with Crippen LogP contribution in [-0.2, 0) is 14.3 Å². The van der Waals surface area contributed by atoms with Crippen molar-refractivity contribution in [2.24, 2.45) is 5.92 Å². The Morgan fingerprint density at radius 2 is 2.05 bits per heavy atom. The minimum absolute atomic E-state index is 0.0279. The van der Waals surface area contributed by atoms with Crippen molar-refractivity contribution in [1.29, 1.82) is 0 Å². The Hall–Kier alpha value is -1.56. The molecular weight excluding hydrogens is 293 g/mol. The molecule has 21 heavy (non-hydrogen) atoms. The number of carbonyl (C=O) groups excluding carboxylic acids is 2. The third kappa shape index (κ3) is 5.38. The summed E-state index contributed by atoms with van der Waals surface area (Å²) in [6, 6.07) is 5.58. The molecule has 4 nitrogen and oxygen atoms in total. The molecule has 0 radical (unpaired) electrons. The van der Waals surface area contributed by atoms with Gasteiger partial charge in [0.15, 0.2) is 0 Å². The van der Waals surface area contributed by atoms with Crippen LogP contribution in [-0.4, -0.2) is 30.8 Å². The summed E-state index contributed by atoms with van der Waals surface area (Å²) in [5.74, 6) is -1.13. The fraction of sp³-hybridized carbons (Fsp3) is 0.467. The second-order valence-corrected chi connectivity index (χ2v) is 5.69.